The van der Waals surface area contributed by atoms with E-state index >= 15 is 0 Å². The summed E-state index contributed by atoms with van der Waals surface area (Å²) < 4.78 is 0. The highest BCUT2D eigenvalue weighted by molar-refractivity contribution is 5.14. The average Bonchev–Trinajstić information content (AvgIpc) is 2.98. The molecule has 2 heteroatoms. The monoisotopic (exact) mass is 288 g/mol. The molecule has 1 fully saturated rings. The average molecular weight is 288 g/mol. The molecule has 1 aliphatic carbocycles. The summed E-state index contributed by atoms with van der Waals surface area (Å²) in [6, 6.07) is 11.5. The molecule has 0 saturated heterocycles. The Morgan fingerprint density at radius 1 is 1.14 bits per heavy atom. The van der Waals surface area contributed by atoms with Crippen molar-refractivity contribution in [1.82, 2.24) is 10.2 Å². The number of hydrogen-bond donors (Lipinski definition) is 1. The highest BCUT2D eigenvalue weighted by Gasteiger charge is 2.42. The molecule has 1 saturated carbocycles. The molecule has 2 rings (SSSR count). The Balaban J connectivity index is 1.95. The molecule has 1 aromatic rings. The van der Waals surface area contributed by atoms with E-state index in [1.165, 1.54) is 50.5 Å². The van der Waals surface area contributed by atoms with Crippen LogP contribution in [0.2, 0.25) is 0 Å². The Morgan fingerprint density at radius 2 is 1.81 bits per heavy atom. The number of likely N-dealkylation sites (N-methyl/N-ethyl adjacent to an activating group) is 2. The molecule has 1 unspecified atom stereocenters. The third-order valence-corrected chi connectivity index (χ3v) is 5.26. The Kier molecular flexibility index (Phi) is 6.25. The maximum absolute atomic E-state index is 3.79. The van der Waals surface area contributed by atoms with Crippen LogP contribution in [0.4, 0.5) is 0 Å². The second-order valence-electron chi connectivity index (χ2n) is 6.69. The first-order chi connectivity index (χ1) is 10.2. The fourth-order valence-corrected chi connectivity index (χ4v) is 4.06. The lowest BCUT2D eigenvalue weighted by Crippen LogP contribution is -2.57. The zero-order valence-corrected chi connectivity index (χ0v) is 14.1. The zero-order valence-electron chi connectivity index (χ0n) is 14.1. The predicted molar refractivity (Wildman–Crippen MR) is 91.7 cm³/mol. The smallest absolute Gasteiger partial charge is 0.0356 e. The van der Waals surface area contributed by atoms with Crippen molar-refractivity contribution in [3.63, 3.8) is 0 Å². The number of benzene rings is 1. The van der Waals surface area contributed by atoms with Crippen molar-refractivity contribution in [3.05, 3.63) is 35.9 Å². The molecule has 1 atom stereocenters. The summed E-state index contributed by atoms with van der Waals surface area (Å²) >= 11 is 0. The van der Waals surface area contributed by atoms with Gasteiger partial charge in [0, 0.05) is 11.6 Å². The second kappa shape index (κ2) is 7.95. The lowest BCUT2D eigenvalue weighted by atomic mass is 9.83. The van der Waals surface area contributed by atoms with Gasteiger partial charge in [0.25, 0.3) is 0 Å². The van der Waals surface area contributed by atoms with Crippen molar-refractivity contribution < 1.29 is 0 Å². The van der Waals surface area contributed by atoms with Crippen LogP contribution in [0.5, 0.6) is 0 Å². The van der Waals surface area contributed by atoms with Crippen LogP contribution in [0.1, 0.15) is 51.0 Å². The molecule has 1 aliphatic rings. The molecule has 0 bridgehead atoms. The molecule has 0 aliphatic heterocycles. The Bertz CT molecular complexity index is 393. The van der Waals surface area contributed by atoms with E-state index in [1.807, 2.05) is 0 Å². The standard InChI is InChI=1S/C19H32N2/c1-4-20-18(19(21(2)3)15-8-9-16-19)14-10-13-17-11-6-5-7-12-17/h5-7,11-12,18,20H,4,8-10,13-16H2,1-3H3. The molecular formula is C19H32N2. The zero-order chi connectivity index (χ0) is 15.1. The van der Waals surface area contributed by atoms with Crippen LogP contribution in [-0.2, 0) is 6.42 Å². The van der Waals surface area contributed by atoms with Crippen molar-refractivity contribution in [2.24, 2.45) is 0 Å². The Morgan fingerprint density at radius 3 is 2.38 bits per heavy atom. The van der Waals surface area contributed by atoms with Crippen LogP contribution in [-0.4, -0.2) is 37.1 Å². The summed E-state index contributed by atoms with van der Waals surface area (Å²) in [4.78, 5) is 2.50. The largest absolute Gasteiger partial charge is 0.312 e. The molecule has 0 heterocycles. The third-order valence-electron chi connectivity index (χ3n) is 5.26. The SMILES string of the molecule is CCNC(CCCc1ccccc1)C1(N(C)C)CCCC1. The molecule has 0 amide bonds. The van der Waals surface area contributed by atoms with Gasteiger partial charge in [-0.1, -0.05) is 50.1 Å². The van der Waals surface area contributed by atoms with Gasteiger partial charge in [0.1, 0.15) is 0 Å². The second-order valence-corrected chi connectivity index (χ2v) is 6.69. The topological polar surface area (TPSA) is 15.3 Å². The van der Waals surface area contributed by atoms with Gasteiger partial charge >= 0.3 is 0 Å². The summed E-state index contributed by atoms with van der Waals surface area (Å²) in [5.74, 6) is 0. The van der Waals surface area contributed by atoms with Gasteiger partial charge in [0.2, 0.25) is 0 Å². The highest BCUT2D eigenvalue weighted by Crippen LogP contribution is 2.38. The number of aryl methyl sites for hydroxylation is 1. The summed E-state index contributed by atoms with van der Waals surface area (Å²) in [5.41, 5.74) is 1.85. The highest BCUT2D eigenvalue weighted by atomic mass is 15.2. The first-order valence-electron chi connectivity index (χ1n) is 8.64. The molecule has 0 spiro atoms. The fraction of sp³-hybridized carbons (Fsp3) is 0.684. The fourth-order valence-electron chi connectivity index (χ4n) is 4.06. The third kappa shape index (κ3) is 4.08. The molecule has 118 valence electrons. The van der Waals surface area contributed by atoms with E-state index in [9.17, 15) is 0 Å². The van der Waals surface area contributed by atoms with Crippen LogP contribution in [0.3, 0.4) is 0 Å². The lowest BCUT2D eigenvalue weighted by Gasteiger charge is -2.44. The molecule has 21 heavy (non-hydrogen) atoms. The molecule has 0 aromatic heterocycles. The Hall–Kier alpha value is -0.860. The number of hydrogen-bond acceptors (Lipinski definition) is 2. The minimum absolute atomic E-state index is 0.382. The van der Waals surface area contributed by atoms with Crippen LogP contribution in [0.25, 0.3) is 0 Å². The van der Waals surface area contributed by atoms with E-state index < -0.39 is 0 Å². The molecule has 1 N–H and O–H groups in total. The lowest BCUT2D eigenvalue weighted by molar-refractivity contribution is 0.0997. The van der Waals surface area contributed by atoms with Crippen LogP contribution in [0.15, 0.2) is 30.3 Å². The van der Waals surface area contributed by atoms with Gasteiger partial charge in [-0.15, -0.1) is 0 Å². The molecule has 1 aromatic carbocycles. The Labute approximate surface area is 130 Å². The van der Waals surface area contributed by atoms with Crippen molar-refractivity contribution in [2.75, 3.05) is 20.6 Å². The van der Waals surface area contributed by atoms with E-state index in [-0.39, 0.29) is 0 Å². The summed E-state index contributed by atoms with van der Waals surface area (Å²) in [7, 11) is 4.54. The minimum atomic E-state index is 0.382. The van der Waals surface area contributed by atoms with Gasteiger partial charge in [0.15, 0.2) is 0 Å². The molecular weight excluding hydrogens is 256 g/mol. The number of rotatable bonds is 8. The summed E-state index contributed by atoms with van der Waals surface area (Å²) in [6.45, 7) is 3.31. The van der Waals surface area contributed by atoms with E-state index in [4.69, 9.17) is 0 Å². The van der Waals surface area contributed by atoms with Crippen molar-refractivity contribution in [3.8, 4) is 0 Å². The van der Waals surface area contributed by atoms with E-state index in [1.54, 1.807) is 0 Å². The maximum Gasteiger partial charge on any atom is 0.0356 e. The van der Waals surface area contributed by atoms with Crippen LogP contribution >= 0.6 is 0 Å². The quantitative estimate of drug-likeness (QED) is 0.781. The van der Waals surface area contributed by atoms with Crippen molar-refractivity contribution in [1.29, 1.82) is 0 Å². The van der Waals surface area contributed by atoms with Gasteiger partial charge in [-0.3, -0.25) is 0 Å². The van der Waals surface area contributed by atoms with Crippen LogP contribution in [0, 0.1) is 0 Å². The van der Waals surface area contributed by atoms with Gasteiger partial charge in [-0.25, -0.2) is 0 Å². The van der Waals surface area contributed by atoms with E-state index in [0.717, 1.165) is 6.54 Å². The summed E-state index contributed by atoms with van der Waals surface area (Å²) in [5, 5.41) is 3.79. The van der Waals surface area contributed by atoms with Gasteiger partial charge in [0.05, 0.1) is 0 Å². The molecule has 0 radical (unpaired) electrons. The van der Waals surface area contributed by atoms with Crippen molar-refractivity contribution >= 4 is 0 Å². The minimum Gasteiger partial charge on any atom is -0.312 e. The summed E-state index contributed by atoms with van der Waals surface area (Å²) in [6.07, 6.45) is 9.23. The number of nitrogens with one attached hydrogen (secondary N) is 1. The van der Waals surface area contributed by atoms with Crippen molar-refractivity contribution in [2.45, 2.75) is 63.5 Å². The van der Waals surface area contributed by atoms with Gasteiger partial charge in [-0.2, -0.15) is 0 Å². The first kappa shape index (κ1) is 16.5. The van der Waals surface area contributed by atoms with Gasteiger partial charge < -0.3 is 10.2 Å². The number of nitrogens with zero attached hydrogens (tertiary/aromatic N) is 1. The maximum atomic E-state index is 3.79. The van der Waals surface area contributed by atoms with E-state index in [0.29, 0.717) is 11.6 Å². The molecule has 2 nitrogen and oxygen atoms in total. The van der Waals surface area contributed by atoms with Crippen LogP contribution < -0.4 is 5.32 Å². The van der Waals surface area contributed by atoms with E-state index in [2.05, 4.69) is 61.6 Å². The normalized spacial score (nSPS) is 19.0. The first-order valence-corrected chi connectivity index (χ1v) is 8.64. The van der Waals surface area contributed by atoms with Gasteiger partial charge in [-0.05, 0) is 58.3 Å². The predicted octanol–water partition coefficient (Wildman–Crippen LogP) is 3.86.